The third kappa shape index (κ3) is 9.25. The molecule has 7 N–H and O–H groups in total. The molecule has 0 aromatic heterocycles. The molecule has 212 valence electrons. The van der Waals surface area contributed by atoms with Crippen molar-refractivity contribution in [2.24, 2.45) is 0 Å². The van der Waals surface area contributed by atoms with Crippen molar-refractivity contribution in [1.29, 1.82) is 0 Å². The Morgan fingerprint density at radius 1 is 0.639 bits per heavy atom. The molecular weight excluding hydrogens is 476 g/mol. The Labute approximate surface area is 213 Å². The number of hydrogen-bond donors (Lipinski definition) is 7. The molecule has 2 aliphatic heterocycles. The van der Waals surface area contributed by atoms with Gasteiger partial charge in [0.05, 0.1) is 19.8 Å². The zero-order chi connectivity index (χ0) is 26.5. The average Bonchev–Trinajstić information content (AvgIpc) is 2.88. The molecule has 2 rings (SSSR count). The van der Waals surface area contributed by atoms with Crippen LogP contribution in [0.15, 0.2) is 12.2 Å². The minimum absolute atomic E-state index is 0.141. The lowest BCUT2D eigenvalue weighted by atomic mass is 9.97. The highest BCUT2D eigenvalue weighted by atomic mass is 16.7. The summed E-state index contributed by atoms with van der Waals surface area (Å²) in [4.78, 5) is 0. The number of ether oxygens (including phenoxy) is 4. The topological polar surface area (TPSA) is 179 Å². The maximum atomic E-state index is 10.6. The molecule has 36 heavy (non-hydrogen) atoms. The Kier molecular flexibility index (Phi) is 14.9. The third-order valence-corrected chi connectivity index (χ3v) is 6.71. The summed E-state index contributed by atoms with van der Waals surface area (Å²) in [6.45, 7) is 1.11. The molecule has 2 saturated heterocycles. The van der Waals surface area contributed by atoms with Crippen LogP contribution in [0.2, 0.25) is 0 Å². The van der Waals surface area contributed by atoms with E-state index in [0.717, 1.165) is 12.8 Å². The summed E-state index contributed by atoms with van der Waals surface area (Å²) in [5, 5.41) is 70.1. The van der Waals surface area contributed by atoms with Crippen LogP contribution in [0.4, 0.5) is 0 Å². The first-order valence-corrected chi connectivity index (χ1v) is 13.2. The highest BCUT2D eigenvalue weighted by Crippen LogP contribution is 2.29. The maximum Gasteiger partial charge on any atom is 0.187 e. The van der Waals surface area contributed by atoms with Crippen LogP contribution in [0.3, 0.4) is 0 Å². The van der Waals surface area contributed by atoms with E-state index in [2.05, 4.69) is 6.92 Å². The van der Waals surface area contributed by atoms with Crippen LogP contribution in [0.25, 0.3) is 0 Å². The van der Waals surface area contributed by atoms with Gasteiger partial charge in [0.25, 0.3) is 0 Å². The fraction of sp³-hybridized carbons (Fsp3) is 0.920. The van der Waals surface area contributed by atoms with Crippen molar-refractivity contribution in [2.45, 2.75) is 126 Å². The van der Waals surface area contributed by atoms with Gasteiger partial charge in [0.2, 0.25) is 0 Å². The number of rotatable bonds is 16. The summed E-state index contributed by atoms with van der Waals surface area (Å²) >= 11 is 0. The monoisotopic (exact) mass is 522 g/mol. The van der Waals surface area contributed by atoms with Crippen molar-refractivity contribution in [2.75, 3.05) is 19.8 Å². The number of hydrogen-bond acceptors (Lipinski definition) is 11. The average molecular weight is 523 g/mol. The first-order valence-electron chi connectivity index (χ1n) is 13.2. The molecular formula is C25H46O11. The largest absolute Gasteiger partial charge is 0.394 e. The maximum absolute atomic E-state index is 10.6. The van der Waals surface area contributed by atoms with Gasteiger partial charge in [0.15, 0.2) is 12.6 Å². The van der Waals surface area contributed by atoms with Crippen molar-refractivity contribution in [3.63, 3.8) is 0 Å². The Morgan fingerprint density at radius 2 is 1.22 bits per heavy atom. The van der Waals surface area contributed by atoms with E-state index < -0.39 is 74.6 Å². The third-order valence-electron chi connectivity index (χ3n) is 6.71. The van der Waals surface area contributed by atoms with Crippen LogP contribution in [0.1, 0.15) is 64.7 Å². The summed E-state index contributed by atoms with van der Waals surface area (Å²) in [7, 11) is 0. The molecule has 2 heterocycles. The van der Waals surface area contributed by atoms with Gasteiger partial charge in [0, 0.05) is 0 Å². The van der Waals surface area contributed by atoms with Gasteiger partial charge < -0.3 is 54.7 Å². The highest BCUT2D eigenvalue weighted by Gasteiger charge is 2.50. The Hall–Kier alpha value is -0.700. The van der Waals surface area contributed by atoms with E-state index in [0.29, 0.717) is 0 Å². The summed E-state index contributed by atoms with van der Waals surface area (Å²) in [5.41, 5.74) is 0. The minimum Gasteiger partial charge on any atom is -0.394 e. The smallest absolute Gasteiger partial charge is 0.187 e. The predicted molar refractivity (Wildman–Crippen MR) is 129 cm³/mol. The first-order chi connectivity index (χ1) is 17.3. The van der Waals surface area contributed by atoms with Crippen molar-refractivity contribution < 1.29 is 54.7 Å². The molecule has 11 heteroatoms. The molecule has 0 aromatic carbocycles. The van der Waals surface area contributed by atoms with Crippen LogP contribution in [-0.4, -0.2) is 117 Å². The quantitative estimate of drug-likeness (QED) is 0.105. The van der Waals surface area contributed by atoms with Crippen molar-refractivity contribution in [3.05, 3.63) is 12.2 Å². The fourth-order valence-corrected chi connectivity index (χ4v) is 4.43. The predicted octanol–water partition coefficient (Wildman–Crippen LogP) is -0.286. The second-order valence-electron chi connectivity index (χ2n) is 9.57. The Bertz CT molecular complexity index is 603. The van der Waals surface area contributed by atoms with E-state index >= 15 is 0 Å². The van der Waals surface area contributed by atoms with E-state index in [1.54, 1.807) is 0 Å². The fourth-order valence-electron chi connectivity index (χ4n) is 4.43. The second-order valence-corrected chi connectivity index (χ2v) is 9.57. The lowest BCUT2D eigenvalue weighted by Crippen LogP contribution is -2.64. The van der Waals surface area contributed by atoms with E-state index in [1.165, 1.54) is 44.9 Å². The van der Waals surface area contributed by atoms with Gasteiger partial charge in [-0.05, 0) is 12.8 Å². The first kappa shape index (κ1) is 31.5. The molecule has 0 aromatic rings. The van der Waals surface area contributed by atoms with Crippen molar-refractivity contribution >= 4 is 0 Å². The van der Waals surface area contributed by atoms with Gasteiger partial charge in [0.1, 0.15) is 48.8 Å². The second kappa shape index (κ2) is 17.0. The van der Waals surface area contributed by atoms with Gasteiger partial charge in [-0.25, -0.2) is 0 Å². The van der Waals surface area contributed by atoms with E-state index in [-0.39, 0.29) is 6.61 Å². The zero-order valence-electron chi connectivity index (χ0n) is 21.2. The molecule has 2 fully saturated rings. The highest BCUT2D eigenvalue weighted by molar-refractivity contribution is 4.94. The van der Waals surface area contributed by atoms with E-state index in [1.807, 2.05) is 12.2 Å². The van der Waals surface area contributed by atoms with Gasteiger partial charge in [-0.1, -0.05) is 64.0 Å². The van der Waals surface area contributed by atoms with E-state index in [4.69, 9.17) is 18.9 Å². The van der Waals surface area contributed by atoms with Crippen LogP contribution in [-0.2, 0) is 18.9 Å². The summed E-state index contributed by atoms with van der Waals surface area (Å²) in [6, 6.07) is 0. The standard InChI is InChI=1S/C25H46O11/c1-2-3-4-5-6-7-8-9-10-11-12-13-33-24-22(32)20(30)23(17(15-27)35-24)36-25-21(31)19(29)18(28)16(14-26)34-25/h11-12,16-32H,2-10,13-15H2,1H3/b12-11+/t16-,17-,18+,19+,20-,21-,22-,23-,24-,25+/m1/s1. The van der Waals surface area contributed by atoms with Gasteiger partial charge >= 0.3 is 0 Å². The van der Waals surface area contributed by atoms with Crippen LogP contribution in [0.5, 0.6) is 0 Å². The lowest BCUT2D eigenvalue weighted by Gasteiger charge is -2.45. The van der Waals surface area contributed by atoms with Crippen molar-refractivity contribution in [3.8, 4) is 0 Å². The molecule has 0 saturated carbocycles. The molecule has 0 amide bonds. The number of aliphatic hydroxyl groups is 7. The number of allylic oxidation sites excluding steroid dienone is 1. The normalized spacial score (nSPS) is 37.6. The van der Waals surface area contributed by atoms with Gasteiger partial charge in [-0.2, -0.15) is 0 Å². The van der Waals surface area contributed by atoms with Gasteiger partial charge in [-0.3, -0.25) is 0 Å². The van der Waals surface area contributed by atoms with Crippen molar-refractivity contribution in [1.82, 2.24) is 0 Å². The minimum atomic E-state index is -1.70. The molecule has 0 spiro atoms. The SMILES string of the molecule is CCCCCCCCCC/C=C/CO[C@@H]1O[C@H](CO)[C@@H](O[C@@H]2O[C@H](CO)[C@H](O)[C@H](O)[C@H]2O)[C@H](O)[C@H]1O. The Morgan fingerprint density at radius 3 is 1.86 bits per heavy atom. The van der Waals surface area contributed by atoms with Crippen LogP contribution in [0, 0.1) is 0 Å². The molecule has 11 nitrogen and oxygen atoms in total. The zero-order valence-corrected chi connectivity index (χ0v) is 21.2. The molecule has 0 bridgehead atoms. The summed E-state index contributed by atoms with van der Waals surface area (Å²) in [6.07, 6.45) is 0.195. The molecule has 2 aliphatic rings. The number of unbranched alkanes of at least 4 members (excludes halogenated alkanes) is 8. The van der Waals surface area contributed by atoms with Crippen LogP contribution < -0.4 is 0 Å². The van der Waals surface area contributed by atoms with Gasteiger partial charge in [-0.15, -0.1) is 0 Å². The number of aliphatic hydroxyl groups excluding tert-OH is 7. The lowest BCUT2D eigenvalue weighted by molar-refractivity contribution is -0.358. The molecule has 0 unspecified atom stereocenters. The summed E-state index contributed by atoms with van der Waals surface area (Å²) in [5.74, 6) is 0. The van der Waals surface area contributed by atoms with E-state index in [9.17, 15) is 35.7 Å². The van der Waals surface area contributed by atoms with Crippen LogP contribution >= 0.6 is 0 Å². The summed E-state index contributed by atoms with van der Waals surface area (Å²) < 4.78 is 21.9. The molecule has 0 aliphatic carbocycles. The molecule has 10 atom stereocenters. The Balaban J connectivity index is 1.75. The molecule has 0 radical (unpaired) electrons.